The SMILES string of the molecule is C=CC(C)NC(=O)CCc1ccccc1N. The van der Waals surface area contributed by atoms with Crippen LogP contribution in [0.5, 0.6) is 0 Å². The van der Waals surface area contributed by atoms with Gasteiger partial charge in [0.1, 0.15) is 0 Å². The van der Waals surface area contributed by atoms with E-state index in [4.69, 9.17) is 5.73 Å². The summed E-state index contributed by atoms with van der Waals surface area (Å²) in [4.78, 5) is 11.5. The van der Waals surface area contributed by atoms with E-state index in [1.165, 1.54) is 0 Å². The maximum Gasteiger partial charge on any atom is 0.220 e. The quantitative estimate of drug-likeness (QED) is 0.585. The number of aryl methyl sites for hydroxylation is 1. The molecule has 3 heteroatoms. The minimum Gasteiger partial charge on any atom is -0.399 e. The number of anilines is 1. The molecule has 0 fully saturated rings. The molecular formula is C13H18N2O. The van der Waals surface area contributed by atoms with Gasteiger partial charge >= 0.3 is 0 Å². The van der Waals surface area contributed by atoms with Crippen LogP contribution in [0.2, 0.25) is 0 Å². The molecule has 1 atom stereocenters. The molecule has 0 aromatic heterocycles. The lowest BCUT2D eigenvalue weighted by Crippen LogP contribution is -2.30. The molecule has 0 spiro atoms. The monoisotopic (exact) mass is 218 g/mol. The average molecular weight is 218 g/mol. The van der Waals surface area contributed by atoms with Gasteiger partial charge in [-0.25, -0.2) is 0 Å². The second-order valence-electron chi connectivity index (χ2n) is 3.79. The maximum atomic E-state index is 11.5. The predicted molar refractivity (Wildman–Crippen MR) is 67.0 cm³/mol. The fraction of sp³-hybridized carbons (Fsp3) is 0.308. The zero-order valence-electron chi connectivity index (χ0n) is 9.57. The summed E-state index contributed by atoms with van der Waals surface area (Å²) in [5.41, 5.74) is 7.55. The molecule has 0 aliphatic carbocycles. The topological polar surface area (TPSA) is 55.1 Å². The summed E-state index contributed by atoms with van der Waals surface area (Å²) in [6.45, 7) is 5.50. The predicted octanol–water partition coefficient (Wildman–Crippen LogP) is 1.89. The summed E-state index contributed by atoms with van der Waals surface area (Å²) < 4.78 is 0. The van der Waals surface area contributed by atoms with Crippen molar-refractivity contribution in [2.75, 3.05) is 5.73 Å². The molecule has 0 aliphatic rings. The van der Waals surface area contributed by atoms with E-state index in [1.807, 2.05) is 31.2 Å². The van der Waals surface area contributed by atoms with E-state index >= 15 is 0 Å². The van der Waals surface area contributed by atoms with Crippen LogP contribution in [0, 0.1) is 0 Å². The van der Waals surface area contributed by atoms with Gasteiger partial charge in [0.05, 0.1) is 0 Å². The molecular weight excluding hydrogens is 200 g/mol. The van der Waals surface area contributed by atoms with Crippen LogP contribution in [-0.4, -0.2) is 11.9 Å². The van der Waals surface area contributed by atoms with Crippen molar-refractivity contribution >= 4 is 11.6 Å². The van der Waals surface area contributed by atoms with Crippen LogP contribution in [-0.2, 0) is 11.2 Å². The number of hydrogen-bond donors (Lipinski definition) is 2. The highest BCUT2D eigenvalue weighted by Gasteiger charge is 2.05. The van der Waals surface area contributed by atoms with Crippen molar-refractivity contribution in [1.82, 2.24) is 5.32 Å². The van der Waals surface area contributed by atoms with Gasteiger partial charge in [0.25, 0.3) is 0 Å². The Bertz CT molecular complexity index is 374. The number of carbonyl (C=O) groups is 1. The summed E-state index contributed by atoms with van der Waals surface area (Å²) in [6, 6.07) is 7.62. The number of nitrogen functional groups attached to an aromatic ring is 1. The summed E-state index contributed by atoms with van der Waals surface area (Å²) in [7, 11) is 0. The Hall–Kier alpha value is -1.77. The fourth-order valence-electron chi connectivity index (χ4n) is 1.40. The van der Waals surface area contributed by atoms with Crippen molar-refractivity contribution < 1.29 is 4.79 Å². The molecule has 0 bridgehead atoms. The van der Waals surface area contributed by atoms with Crippen LogP contribution in [0.4, 0.5) is 5.69 Å². The number of hydrogen-bond acceptors (Lipinski definition) is 2. The van der Waals surface area contributed by atoms with E-state index in [1.54, 1.807) is 6.08 Å². The number of para-hydroxylation sites is 1. The van der Waals surface area contributed by atoms with Crippen molar-refractivity contribution in [2.45, 2.75) is 25.8 Å². The Morgan fingerprint density at radius 3 is 2.88 bits per heavy atom. The van der Waals surface area contributed by atoms with Gasteiger partial charge in [0.15, 0.2) is 0 Å². The van der Waals surface area contributed by atoms with Crippen LogP contribution >= 0.6 is 0 Å². The molecule has 1 aromatic carbocycles. The minimum absolute atomic E-state index is 0.0145. The first-order chi connectivity index (χ1) is 7.63. The second-order valence-corrected chi connectivity index (χ2v) is 3.79. The van der Waals surface area contributed by atoms with E-state index in [0.717, 1.165) is 11.3 Å². The molecule has 0 saturated heterocycles. The molecule has 0 radical (unpaired) electrons. The number of nitrogens with one attached hydrogen (secondary N) is 1. The number of benzene rings is 1. The summed E-state index contributed by atoms with van der Waals surface area (Å²) >= 11 is 0. The van der Waals surface area contributed by atoms with Crippen molar-refractivity contribution in [3.8, 4) is 0 Å². The number of carbonyl (C=O) groups excluding carboxylic acids is 1. The number of amides is 1. The van der Waals surface area contributed by atoms with Crippen molar-refractivity contribution in [2.24, 2.45) is 0 Å². The van der Waals surface area contributed by atoms with Gasteiger partial charge in [0, 0.05) is 18.2 Å². The minimum atomic E-state index is 0.0145. The molecule has 0 heterocycles. The number of rotatable bonds is 5. The van der Waals surface area contributed by atoms with E-state index in [-0.39, 0.29) is 11.9 Å². The van der Waals surface area contributed by atoms with Crippen LogP contribution in [0.15, 0.2) is 36.9 Å². The van der Waals surface area contributed by atoms with E-state index < -0.39 is 0 Å². The fourth-order valence-corrected chi connectivity index (χ4v) is 1.40. The molecule has 3 N–H and O–H groups in total. The first-order valence-electron chi connectivity index (χ1n) is 5.38. The third-order valence-corrected chi connectivity index (χ3v) is 2.42. The highest BCUT2D eigenvalue weighted by molar-refractivity contribution is 5.76. The largest absolute Gasteiger partial charge is 0.399 e. The van der Waals surface area contributed by atoms with Crippen LogP contribution < -0.4 is 11.1 Å². The standard InChI is InChI=1S/C13H18N2O/c1-3-10(2)15-13(16)9-8-11-6-4-5-7-12(11)14/h3-7,10H,1,8-9,14H2,2H3,(H,15,16). The lowest BCUT2D eigenvalue weighted by Gasteiger charge is -2.09. The normalized spacial score (nSPS) is 11.8. The highest BCUT2D eigenvalue weighted by atomic mass is 16.1. The molecule has 16 heavy (non-hydrogen) atoms. The maximum absolute atomic E-state index is 11.5. The second kappa shape index (κ2) is 5.95. The van der Waals surface area contributed by atoms with Crippen LogP contribution in [0.25, 0.3) is 0 Å². The lowest BCUT2D eigenvalue weighted by atomic mass is 10.1. The smallest absolute Gasteiger partial charge is 0.220 e. The third kappa shape index (κ3) is 3.77. The Balaban J connectivity index is 2.43. The third-order valence-electron chi connectivity index (χ3n) is 2.42. The van der Waals surface area contributed by atoms with Gasteiger partial charge in [-0.05, 0) is 25.0 Å². The van der Waals surface area contributed by atoms with Gasteiger partial charge in [0.2, 0.25) is 5.91 Å². The van der Waals surface area contributed by atoms with Gasteiger partial charge in [-0.2, -0.15) is 0 Å². The van der Waals surface area contributed by atoms with Crippen LogP contribution in [0.3, 0.4) is 0 Å². The Morgan fingerprint density at radius 1 is 1.56 bits per heavy atom. The molecule has 0 aliphatic heterocycles. The number of nitrogens with two attached hydrogens (primary N) is 1. The molecule has 0 saturated carbocycles. The van der Waals surface area contributed by atoms with Crippen molar-refractivity contribution in [3.63, 3.8) is 0 Å². The van der Waals surface area contributed by atoms with Gasteiger partial charge in [-0.1, -0.05) is 24.3 Å². The van der Waals surface area contributed by atoms with Gasteiger partial charge in [-0.15, -0.1) is 6.58 Å². The summed E-state index contributed by atoms with van der Waals surface area (Å²) in [6.07, 6.45) is 2.82. The summed E-state index contributed by atoms with van der Waals surface area (Å²) in [5, 5.41) is 2.82. The zero-order valence-corrected chi connectivity index (χ0v) is 9.57. The van der Waals surface area contributed by atoms with E-state index in [0.29, 0.717) is 12.8 Å². The molecule has 86 valence electrons. The Kier molecular flexibility index (Phi) is 4.58. The molecule has 1 unspecified atom stereocenters. The molecule has 1 aromatic rings. The van der Waals surface area contributed by atoms with Gasteiger partial charge < -0.3 is 11.1 Å². The molecule has 3 nitrogen and oxygen atoms in total. The van der Waals surface area contributed by atoms with E-state index in [9.17, 15) is 4.79 Å². The van der Waals surface area contributed by atoms with Crippen molar-refractivity contribution in [3.05, 3.63) is 42.5 Å². The van der Waals surface area contributed by atoms with Crippen LogP contribution in [0.1, 0.15) is 18.9 Å². The zero-order chi connectivity index (χ0) is 12.0. The average Bonchev–Trinajstić information content (AvgIpc) is 2.28. The highest BCUT2D eigenvalue weighted by Crippen LogP contribution is 2.12. The summed E-state index contributed by atoms with van der Waals surface area (Å²) in [5.74, 6) is 0.0238. The Morgan fingerprint density at radius 2 is 2.25 bits per heavy atom. The first kappa shape index (κ1) is 12.3. The Labute approximate surface area is 96.3 Å². The molecule has 1 rings (SSSR count). The first-order valence-corrected chi connectivity index (χ1v) is 5.38. The van der Waals surface area contributed by atoms with Crippen molar-refractivity contribution in [1.29, 1.82) is 0 Å². The molecule has 1 amide bonds. The lowest BCUT2D eigenvalue weighted by molar-refractivity contribution is -0.121. The van der Waals surface area contributed by atoms with E-state index in [2.05, 4.69) is 11.9 Å². The van der Waals surface area contributed by atoms with Gasteiger partial charge in [-0.3, -0.25) is 4.79 Å².